The summed E-state index contributed by atoms with van der Waals surface area (Å²) in [5, 5.41) is 35.1. The standard InChI is InChI=1S/C30H48O7/c1-15-12-30(37-26(15,3)4)29(7,34)25-23(36-30)11-19-18-9-8-17-10-22(35-16(2)31)20(32)13-27(17,5)24(18)21(33)14-28(19,25)6/h15,17-25,32-34H,8-14H2,1-7H3/t15-,17-,18-,19+,20+,21-,22-,23-,24-,25-,27-,28-,29+,30+/m0/s1. The molecule has 4 aliphatic carbocycles. The van der Waals surface area contributed by atoms with Gasteiger partial charge in [-0.3, -0.25) is 4.79 Å². The molecule has 3 N–H and O–H groups in total. The van der Waals surface area contributed by atoms with Crippen molar-refractivity contribution in [1.82, 2.24) is 0 Å². The van der Waals surface area contributed by atoms with Crippen molar-refractivity contribution in [3.8, 4) is 0 Å². The molecule has 210 valence electrons. The Labute approximate surface area is 221 Å². The number of hydrogen-bond donors (Lipinski definition) is 3. The number of carbonyl (C=O) groups is 1. The third kappa shape index (κ3) is 3.39. The lowest BCUT2D eigenvalue weighted by Gasteiger charge is -2.63. The topological polar surface area (TPSA) is 105 Å². The fraction of sp³-hybridized carbons (Fsp3) is 0.967. The molecule has 2 aliphatic heterocycles. The van der Waals surface area contributed by atoms with Crippen LogP contribution in [0.15, 0.2) is 0 Å². The van der Waals surface area contributed by atoms with Crippen LogP contribution in [-0.4, -0.2) is 62.7 Å². The van der Waals surface area contributed by atoms with E-state index in [9.17, 15) is 20.1 Å². The maximum Gasteiger partial charge on any atom is 0.302 e. The maximum absolute atomic E-state index is 12.2. The lowest BCUT2D eigenvalue weighted by molar-refractivity contribution is -0.300. The molecule has 7 heteroatoms. The third-order valence-electron chi connectivity index (χ3n) is 12.8. The van der Waals surface area contributed by atoms with Gasteiger partial charge in [-0.05, 0) is 99.7 Å². The zero-order valence-corrected chi connectivity index (χ0v) is 23.7. The first-order chi connectivity index (χ1) is 17.1. The van der Waals surface area contributed by atoms with Crippen LogP contribution in [0.5, 0.6) is 0 Å². The van der Waals surface area contributed by atoms with E-state index in [1.54, 1.807) is 0 Å². The molecule has 0 amide bonds. The SMILES string of the molecule is CC(=O)O[C@H]1C[C@@H]2CC[C@@H]3[C@@H]([C@@H](O)C[C@@]4(C)[C@@H]3C[C@@H]3O[C@@]5(C[C@H](C)C(C)(C)O5)[C@](C)(O)[C@@H]34)[C@@]2(C)C[C@H]1O. The van der Waals surface area contributed by atoms with Crippen molar-refractivity contribution in [3.63, 3.8) is 0 Å². The van der Waals surface area contributed by atoms with E-state index in [0.717, 1.165) is 19.3 Å². The van der Waals surface area contributed by atoms with Crippen LogP contribution in [0, 0.1) is 46.3 Å². The molecule has 2 saturated heterocycles. The lowest BCUT2D eigenvalue weighted by Crippen LogP contribution is -2.63. The average molecular weight is 521 g/mol. The summed E-state index contributed by atoms with van der Waals surface area (Å²) in [6, 6.07) is 0. The summed E-state index contributed by atoms with van der Waals surface area (Å²) in [6.45, 7) is 14.2. The van der Waals surface area contributed by atoms with E-state index in [1.165, 1.54) is 6.92 Å². The van der Waals surface area contributed by atoms with Crippen molar-refractivity contribution in [2.24, 2.45) is 46.3 Å². The van der Waals surface area contributed by atoms with Gasteiger partial charge in [-0.1, -0.05) is 20.8 Å². The van der Waals surface area contributed by atoms with E-state index in [2.05, 4.69) is 34.6 Å². The molecule has 0 bridgehead atoms. The van der Waals surface area contributed by atoms with Crippen LogP contribution in [0.25, 0.3) is 0 Å². The minimum absolute atomic E-state index is 0.0803. The molecule has 6 rings (SSSR count). The molecule has 0 aromatic carbocycles. The van der Waals surface area contributed by atoms with Crippen molar-refractivity contribution in [2.45, 2.75) is 135 Å². The zero-order chi connectivity index (χ0) is 26.9. The van der Waals surface area contributed by atoms with Crippen LogP contribution >= 0.6 is 0 Å². The summed E-state index contributed by atoms with van der Waals surface area (Å²) in [6.07, 6.45) is 3.64. The number of hydrogen-bond acceptors (Lipinski definition) is 7. The number of carbonyl (C=O) groups excluding carboxylic acids is 1. The summed E-state index contributed by atoms with van der Waals surface area (Å²) in [5.41, 5.74) is -1.97. The first-order valence-corrected chi connectivity index (χ1v) is 14.7. The summed E-state index contributed by atoms with van der Waals surface area (Å²) < 4.78 is 18.8. The maximum atomic E-state index is 12.2. The lowest BCUT2D eigenvalue weighted by atomic mass is 9.43. The summed E-state index contributed by atoms with van der Waals surface area (Å²) in [7, 11) is 0. The highest BCUT2D eigenvalue weighted by atomic mass is 16.7. The van der Waals surface area contributed by atoms with Gasteiger partial charge in [-0.25, -0.2) is 0 Å². The van der Waals surface area contributed by atoms with Crippen LogP contribution in [-0.2, 0) is 19.0 Å². The van der Waals surface area contributed by atoms with Crippen molar-refractivity contribution in [1.29, 1.82) is 0 Å². The van der Waals surface area contributed by atoms with Crippen molar-refractivity contribution < 1.29 is 34.3 Å². The van der Waals surface area contributed by atoms with E-state index in [1.807, 2.05) is 6.92 Å². The molecule has 4 saturated carbocycles. The molecule has 2 heterocycles. The number of esters is 1. The largest absolute Gasteiger partial charge is 0.460 e. The Morgan fingerprint density at radius 1 is 0.946 bits per heavy atom. The predicted octanol–water partition coefficient (Wildman–Crippen LogP) is 3.81. The Hall–Kier alpha value is -0.730. The Kier molecular flexibility index (Phi) is 5.68. The molecular formula is C30H48O7. The quantitative estimate of drug-likeness (QED) is 0.452. The van der Waals surface area contributed by atoms with Gasteiger partial charge in [-0.15, -0.1) is 0 Å². The molecule has 37 heavy (non-hydrogen) atoms. The average Bonchev–Trinajstić information content (AvgIpc) is 3.25. The Morgan fingerprint density at radius 2 is 1.62 bits per heavy atom. The summed E-state index contributed by atoms with van der Waals surface area (Å²) >= 11 is 0. The molecule has 0 aromatic heterocycles. The van der Waals surface area contributed by atoms with E-state index in [-0.39, 0.29) is 46.3 Å². The Balaban J connectivity index is 1.29. The normalized spacial score (nSPS) is 59.9. The minimum Gasteiger partial charge on any atom is -0.460 e. The van der Waals surface area contributed by atoms with Crippen LogP contribution in [0.3, 0.4) is 0 Å². The fourth-order valence-electron chi connectivity index (χ4n) is 11.0. The Bertz CT molecular complexity index is 964. The highest BCUT2D eigenvalue weighted by Gasteiger charge is 2.77. The molecule has 6 fully saturated rings. The van der Waals surface area contributed by atoms with Crippen molar-refractivity contribution in [3.05, 3.63) is 0 Å². The van der Waals surface area contributed by atoms with Crippen molar-refractivity contribution in [2.75, 3.05) is 0 Å². The molecule has 14 atom stereocenters. The second-order valence-corrected chi connectivity index (χ2v) is 15.1. The summed E-state index contributed by atoms with van der Waals surface area (Å²) in [5.74, 6) is -0.133. The van der Waals surface area contributed by atoms with Gasteiger partial charge in [0.15, 0.2) is 5.79 Å². The Morgan fingerprint density at radius 3 is 2.24 bits per heavy atom. The molecule has 7 nitrogen and oxygen atoms in total. The van der Waals surface area contributed by atoms with E-state index in [0.29, 0.717) is 43.4 Å². The summed E-state index contributed by atoms with van der Waals surface area (Å²) in [4.78, 5) is 11.6. The van der Waals surface area contributed by atoms with Gasteiger partial charge in [0.2, 0.25) is 0 Å². The second kappa shape index (κ2) is 7.93. The number of aliphatic hydroxyl groups is 3. The first kappa shape index (κ1) is 26.5. The molecule has 1 spiro atoms. The smallest absolute Gasteiger partial charge is 0.302 e. The molecular weight excluding hydrogens is 472 g/mol. The first-order valence-electron chi connectivity index (χ1n) is 14.7. The molecule has 0 unspecified atom stereocenters. The highest BCUT2D eigenvalue weighted by Crippen LogP contribution is 2.72. The number of aliphatic hydroxyl groups excluding tert-OH is 2. The monoisotopic (exact) mass is 520 g/mol. The fourth-order valence-corrected chi connectivity index (χ4v) is 11.0. The molecule has 0 radical (unpaired) electrons. The number of rotatable bonds is 1. The third-order valence-corrected chi connectivity index (χ3v) is 12.8. The van der Waals surface area contributed by atoms with Gasteiger partial charge in [0, 0.05) is 19.3 Å². The van der Waals surface area contributed by atoms with Crippen LogP contribution in [0.2, 0.25) is 0 Å². The zero-order valence-electron chi connectivity index (χ0n) is 23.7. The van der Waals surface area contributed by atoms with E-state index >= 15 is 0 Å². The molecule has 0 aromatic rings. The predicted molar refractivity (Wildman–Crippen MR) is 136 cm³/mol. The number of ether oxygens (including phenoxy) is 3. The minimum atomic E-state index is -1.14. The highest BCUT2D eigenvalue weighted by molar-refractivity contribution is 5.66. The van der Waals surface area contributed by atoms with Gasteiger partial charge in [0.05, 0.1) is 23.9 Å². The second-order valence-electron chi connectivity index (χ2n) is 15.1. The van der Waals surface area contributed by atoms with Crippen molar-refractivity contribution >= 4 is 5.97 Å². The van der Waals surface area contributed by atoms with Crippen LogP contribution in [0.1, 0.15) is 93.4 Å². The molecule has 6 aliphatic rings. The van der Waals surface area contributed by atoms with Gasteiger partial charge in [-0.2, -0.15) is 0 Å². The van der Waals surface area contributed by atoms with Gasteiger partial charge in [0.25, 0.3) is 0 Å². The van der Waals surface area contributed by atoms with E-state index < -0.39 is 29.7 Å². The van der Waals surface area contributed by atoms with Crippen LogP contribution in [0.4, 0.5) is 0 Å². The van der Waals surface area contributed by atoms with Gasteiger partial charge in [0.1, 0.15) is 11.7 Å². The van der Waals surface area contributed by atoms with Gasteiger partial charge < -0.3 is 29.5 Å². The van der Waals surface area contributed by atoms with Gasteiger partial charge >= 0.3 is 5.97 Å². The van der Waals surface area contributed by atoms with E-state index in [4.69, 9.17) is 14.2 Å². The number of fused-ring (bicyclic) bond motifs is 7. The van der Waals surface area contributed by atoms with Crippen LogP contribution < -0.4 is 0 Å².